The highest BCUT2D eigenvalue weighted by atomic mass is 32.2. The third kappa shape index (κ3) is 5.96. The van der Waals surface area contributed by atoms with E-state index < -0.39 is 21.7 Å². The van der Waals surface area contributed by atoms with E-state index in [1.165, 1.54) is 0 Å². The number of hydrogen-bond donors (Lipinski definition) is 1. The van der Waals surface area contributed by atoms with Gasteiger partial charge in [-0.1, -0.05) is 13.8 Å². The molecule has 0 aromatic heterocycles. The summed E-state index contributed by atoms with van der Waals surface area (Å²) >= 11 is 0. The van der Waals surface area contributed by atoms with Crippen LogP contribution in [-0.4, -0.2) is 31.0 Å². The minimum absolute atomic E-state index is 0.110. The van der Waals surface area contributed by atoms with Crippen molar-refractivity contribution in [2.24, 2.45) is 5.92 Å². The molecule has 1 atom stereocenters. The van der Waals surface area contributed by atoms with Gasteiger partial charge in [0.25, 0.3) is 0 Å². The van der Waals surface area contributed by atoms with Gasteiger partial charge in [0.15, 0.2) is 0 Å². The first-order chi connectivity index (χ1) is 6.39. The summed E-state index contributed by atoms with van der Waals surface area (Å²) in [5.74, 6) is -1.00. The summed E-state index contributed by atoms with van der Waals surface area (Å²) in [6.07, 6.45) is 1.49. The van der Waals surface area contributed by atoms with Crippen LogP contribution in [-0.2, 0) is 14.6 Å². The van der Waals surface area contributed by atoms with E-state index in [9.17, 15) is 13.2 Å². The lowest BCUT2D eigenvalue weighted by Gasteiger charge is -2.05. The van der Waals surface area contributed by atoms with Gasteiger partial charge in [-0.3, -0.25) is 4.79 Å². The van der Waals surface area contributed by atoms with Crippen LogP contribution in [0.5, 0.6) is 0 Å². The molecule has 5 heteroatoms. The minimum Gasteiger partial charge on any atom is -0.481 e. The lowest BCUT2D eigenvalue weighted by molar-refractivity contribution is -0.141. The molecule has 0 aromatic rings. The van der Waals surface area contributed by atoms with Crippen LogP contribution in [0, 0.1) is 5.92 Å². The Morgan fingerprint density at radius 1 is 1.36 bits per heavy atom. The first-order valence-electron chi connectivity index (χ1n) is 4.82. The second kappa shape index (κ2) is 6.01. The van der Waals surface area contributed by atoms with E-state index in [1.807, 2.05) is 6.92 Å². The zero-order valence-corrected chi connectivity index (χ0v) is 9.51. The molecule has 1 N–H and O–H groups in total. The second-order valence-electron chi connectivity index (χ2n) is 3.53. The largest absolute Gasteiger partial charge is 0.481 e. The highest BCUT2D eigenvalue weighted by molar-refractivity contribution is 7.91. The Labute approximate surface area is 85.2 Å². The second-order valence-corrected chi connectivity index (χ2v) is 5.84. The molecule has 0 aliphatic rings. The van der Waals surface area contributed by atoms with Crippen molar-refractivity contribution in [1.29, 1.82) is 0 Å². The van der Waals surface area contributed by atoms with Crippen molar-refractivity contribution in [2.45, 2.75) is 33.1 Å². The molecule has 0 heterocycles. The van der Waals surface area contributed by atoms with E-state index >= 15 is 0 Å². The number of sulfone groups is 1. The van der Waals surface area contributed by atoms with Crippen LogP contribution in [0.15, 0.2) is 0 Å². The van der Waals surface area contributed by atoms with Gasteiger partial charge >= 0.3 is 5.97 Å². The zero-order chi connectivity index (χ0) is 11.2. The number of carboxylic acids is 1. The molecule has 0 aliphatic heterocycles. The summed E-state index contributed by atoms with van der Waals surface area (Å²) in [7, 11) is -2.95. The topological polar surface area (TPSA) is 71.4 Å². The Hall–Kier alpha value is -0.580. The van der Waals surface area contributed by atoms with Gasteiger partial charge in [0.05, 0.1) is 11.7 Å². The number of carboxylic acid groups (broad SMARTS) is 1. The fourth-order valence-corrected chi connectivity index (χ4v) is 2.58. The van der Waals surface area contributed by atoms with E-state index in [1.54, 1.807) is 6.92 Å². The van der Waals surface area contributed by atoms with Crippen LogP contribution in [0.3, 0.4) is 0 Å². The Balaban J connectivity index is 3.79. The van der Waals surface area contributed by atoms with Crippen molar-refractivity contribution in [2.75, 3.05) is 11.5 Å². The SMILES string of the molecule is CCCS(=O)(=O)CCCC(C)C(=O)O. The number of hydrogen-bond acceptors (Lipinski definition) is 3. The maximum absolute atomic E-state index is 11.2. The summed E-state index contributed by atoms with van der Waals surface area (Å²) in [5.41, 5.74) is 0. The van der Waals surface area contributed by atoms with Crippen LogP contribution in [0.2, 0.25) is 0 Å². The molecule has 0 saturated heterocycles. The van der Waals surface area contributed by atoms with Gasteiger partial charge in [0, 0.05) is 5.75 Å². The van der Waals surface area contributed by atoms with Gasteiger partial charge in [-0.25, -0.2) is 8.42 Å². The predicted octanol–water partition coefficient (Wildman–Crippen LogP) is 1.31. The molecule has 0 aliphatic carbocycles. The Morgan fingerprint density at radius 3 is 2.36 bits per heavy atom. The first-order valence-corrected chi connectivity index (χ1v) is 6.64. The highest BCUT2D eigenvalue weighted by Gasteiger charge is 2.13. The molecule has 0 bridgehead atoms. The molecule has 0 rings (SSSR count). The molecule has 0 fully saturated rings. The molecule has 0 spiro atoms. The highest BCUT2D eigenvalue weighted by Crippen LogP contribution is 2.07. The normalized spacial score (nSPS) is 13.9. The minimum atomic E-state index is -2.95. The average molecular weight is 222 g/mol. The summed E-state index contributed by atoms with van der Waals surface area (Å²) in [6, 6.07) is 0. The van der Waals surface area contributed by atoms with E-state index in [0.717, 1.165) is 0 Å². The maximum Gasteiger partial charge on any atom is 0.306 e. The maximum atomic E-state index is 11.2. The number of rotatable bonds is 7. The lowest BCUT2D eigenvalue weighted by atomic mass is 10.1. The van der Waals surface area contributed by atoms with Crippen LogP contribution in [0.25, 0.3) is 0 Å². The van der Waals surface area contributed by atoms with Crippen LogP contribution >= 0.6 is 0 Å². The standard InChI is InChI=1S/C9H18O4S/c1-3-6-14(12,13)7-4-5-8(2)9(10)11/h8H,3-7H2,1-2H3,(H,10,11). The molecule has 84 valence electrons. The van der Waals surface area contributed by atoms with Crippen LogP contribution < -0.4 is 0 Å². The van der Waals surface area contributed by atoms with E-state index in [2.05, 4.69) is 0 Å². The third-order valence-corrected chi connectivity index (χ3v) is 3.97. The van der Waals surface area contributed by atoms with Gasteiger partial charge in [0.2, 0.25) is 0 Å². The van der Waals surface area contributed by atoms with Gasteiger partial charge in [-0.15, -0.1) is 0 Å². The Kier molecular flexibility index (Phi) is 5.76. The van der Waals surface area contributed by atoms with Crippen molar-refractivity contribution in [1.82, 2.24) is 0 Å². The zero-order valence-electron chi connectivity index (χ0n) is 8.69. The van der Waals surface area contributed by atoms with Crippen molar-refractivity contribution in [3.63, 3.8) is 0 Å². The molecular formula is C9H18O4S. The summed E-state index contributed by atoms with van der Waals surface area (Å²) in [5, 5.41) is 8.57. The molecule has 4 nitrogen and oxygen atoms in total. The third-order valence-electron chi connectivity index (χ3n) is 2.03. The number of carbonyl (C=O) groups is 1. The predicted molar refractivity (Wildman–Crippen MR) is 55.0 cm³/mol. The van der Waals surface area contributed by atoms with Crippen molar-refractivity contribution < 1.29 is 18.3 Å². The Morgan fingerprint density at radius 2 is 1.93 bits per heavy atom. The first kappa shape index (κ1) is 13.4. The number of aliphatic carboxylic acids is 1. The van der Waals surface area contributed by atoms with Gasteiger partial charge in [-0.2, -0.15) is 0 Å². The molecule has 0 aromatic carbocycles. The summed E-state index contributed by atoms with van der Waals surface area (Å²) < 4.78 is 22.5. The summed E-state index contributed by atoms with van der Waals surface area (Å²) in [6.45, 7) is 3.41. The van der Waals surface area contributed by atoms with E-state index in [-0.39, 0.29) is 11.5 Å². The monoisotopic (exact) mass is 222 g/mol. The average Bonchev–Trinajstić information content (AvgIpc) is 2.03. The molecule has 0 saturated carbocycles. The quantitative estimate of drug-likeness (QED) is 0.705. The van der Waals surface area contributed by atoms with Crippen molar-refractivity contribution in [3.8, 4) is 0 Å². The van der Waals surface area contributed by atoms with Crippen LogP contribution in [0.4, 0.5) is 0 Å². The van der Waals surface area contributed by atoms with Crippen LogP contribution in [0.1, 0.15) is 33.1 Å². The summed E-state index contributed by atoms with van der Waals surface area (Å²) in [4.78, 5) is 10.4. The van der Waals surface area contributed by atoms with Gasteiger partial charge in [0.1, 0.15) is 9.84 Å². The van der Waals surface area contributed by atoms with Gasteiger partial charge in [-0.05, 0) is 19.3 Å². The van der Waals surface area contributed by atoms with E-state index in [0.29, 0.717) is 19.3 Å². The molecule has 0 radical (unpaired) electrons. The molecule has 14 heavy (non-hydrogen) atoms. The van der Waals surface area contributed by atoms with Crippen molar-refractivity contribution in [3.05, 3.63) is 0 Å². The lowest BCUT2D eigenvalue weighted by Crippen LogP contribution is -2.14. The fourth-order valence-electron chi connectivity index (χ4n) is 1.15. The molecular weight excluding hydrogens is 204 g/mol. The smallest absolute Gasteiger partial charge is 0.306 e. The Bertz CT molecular complexity index is 269. The van der Waals surface area contributed by atoms with Gasteiger partial charge < -0.3 is 5.11 Å². The fraction of sp³-hybridized carbons (Fsp3) is 0.889. The van der Waals surface area contributed by atoms with Crippen molar-refractivity contribution >= 4 is 15.8 Å². The van der Waals surface area contributed by atoms with E-state index in [4.69, 9.17) is 5.11 Å². The molecule has 1 unspecified atom stereocenters. The molecule has 0 amide bonds.